The molecule has 1 saturated heterocycles. The topological polar surface area (TPSA) is 161 Å². The fourth-order valence-corrected chi connectivity index (χ4v) is 3.67. The van der Waals surface area contributed by atoms with Gasteiger partial charge in [0.25, 0.3) is 12.9 Å². The number of amides is 1. The van der Waals surface area contributed by atoms with Crippen molar-refractivity contribution in [1.82, 2.24) is 25.5 Å². The van der Waals surface area contributed by atoms with Crippen LogP contribution in [-0.4, -0.2) is 68.9 Å². The van der Waals surface area contributed by atoms with Crippen LogP contribution in [0.4, 0.5) is 10.2 Å². The Bertz CT molecular complexity index is 1070. The maximum atomic E-state index is 14.3. The third-order valence-corrected chi connectivity index (χ3v) is 5.30. The number of imidazole rings is 1. The molecule has 4 rings (SSSR count). The number of halogens is 1. The average molecular weight is 487 g/mol. The van der Waals surface area contributed by atoms with Gasteiger partial charge < -0.3 is 25.4 Å². The molecule has 0 radical (unpaired) electrons. The number of benzene rings is 1. The van der Waals surface area contributed by atoms with Crippen LogP contribution in [0.15, 0.2) is 48.9 Å². The molecule has 0 saturated carbocycles. The second-order valence-electron chi connectivity index (χ2n) is 7.73. The van der Waals surface area contributed by atoms with Crippen LogP contribution in [0.2, 0.25) is 0 Å². The highest BCUT2D eigenvalue weighted by Crippen LogP contribution is 2.37. The quantitative estimate of drug-likeness (QED) is 0.362. The van der Waals surface area contributed by atoms with E-state index in [1.807, 2.05) is 24.0 Å². The molecule has 1 aliphatic heterocycles. The Kier molecular flexibility index (Phi) is 10.3. The average Bonchev–Trinajstić information content (AvgIpc) is 3.33. The normalized spacial score (nSPS) is 13.1. The molecule has 0 unspecified atom stereocenters. The van der Waals surface area contributed by atoms with Gasteiger partial charge >= 0.3 is 0 Å². The maximum absolute atomic E-state index is 14.3. The largest absolute Gasteiger partial charge is 0.483 e. The summed E-state index contributed by atoms with van der Waals surface area (Å²) in [5, 5.41) is 25.1. The van der Waals surface area contributed by atoms with E-state index >= 15 is 0 Å². The number of carbonyl (C=O) groups excluding carboxylic acids is 1. The number of aryl methyl sites for hydroxylation is 1. The highest BCUT2D eigenvalue weighted by molar-refractivity contribution is 5.86. The van der Waals surface area contributed by atoms with Crippen LogP contribution < -0.4 is 10.2 Å². The third kappa shape index (κ3) is 7.59. The standard InChI is InChI=1S/C21H23FN6O.2CH2O2/c1-15-6-7-19(27-26-15)28-12-21(13-28,10-16-4-2-3-5-18(16)22)20(29)24-9-8-17-11-23-14-25-17;2*2-1-3/h2-7,11,14H,8-10,12-13H2,1H3,(H,23,25)(H,24,29);2*1H,(H,2,3). The first-order chi connectivity index (χ1) is 16.9. The molecule has 1 fully saturated rings. The molecule has 0 aliphatic carbocycles. The summed E-state index contributed by atoms with van der Waals surface area (Å²) in [6.07, 6.45) is 4.35. The van der Waals surface area contributed by atoms with Crippen LogP contribution in [0.25, 0.3) is 0 Å². The lowest BCUT2D eigenvalue weighted by atomic mass is 9.73. The molecule has 3 aromatic rings. The molecule has 4 N–H and O–H groups in total. The van der Waals surface area contributed by atoms with E-state index in [0.717, 1.165) is 17.2 Å². The predicted molar refractivity (Wildman–Crippen MR) is 124 cm³/mol. The predicted octanol–water partition coefficient (Wildman–Crippen LogP) is 1.46. The van der Waals surface area contributed by atoms with E-state index in [0.29, 0.717) is 38.0 Å². The summed E-state index contributed by atoms with van der Waals surface area (Å²) < 4.78 is 14.3. The highest BCUT2D eigenvalue weighted by Gasteiger charge is 2.50. The lowest BCUT2D eigenvalue weighted by Crippen LogP contribution is -2.65. The van der Waals surface area contributed by atoms with Gasteiger partial charge in [0.1, 0.15) is 5.82 Å². The molecular formula is C23H27FN6O5. The van der Waals surface area contributed by atoms with Gasteiger partial charge in [-0.1, -0.05) is 18.2 Å². The fourth-order valence-electron chi connectivity index (χ4n) is 3.67. The van der Waals surface area contributed by atoms with Crippen molar-refractivity contribution >= 4 is 24.7 Å². The van der Waals surface area contributed by atoms with E-state index in [4.69, 9.17) is 19.8 Å². The Labute approximate surface area is 201 Å². The number of nitrogens with zero attached hydrogens (tertiary/aromatic N) is 4. The summed E-state index contributed by atoms with van der Waals surface area (Å²) in [6, 6.07) is 10.4. The molecular weight excluding hydrogens is 459 g/mol. The smallest absolute Gasteiger partial charge is 0.290 e. The zero-order chi connectivity index (χ0) is 25.7. The Balaban J connectivity index is 0.000000655. The Hall–Kier alpha value is -4.35. The SMILES string of the molecule is Cc1ccc(N2CC(Cc3ccccc3F)(C(=O)NCCc3cnc[nH]3)C2)nn1.O=CO.O=CO. The van der Waals surface area contributed by atoms with E-state index in [9.17, 15) is 9.18 Å². The van der Waals surface area contributed by atoms with Gasteiger partial charge in [0, 0.05) is 37.9 Å². The number of aromatic amines is 1. The third-order valence-electron chi connectivity index (χ3n) is 5.30. The molecule has 0 spiro atoms. The maximum Gasteiger partial charge on any atom is 0.290 e. The van der Waals surface area contributed by atoms with Crippen molar-refractivity contribution in [3.8, 4) is 0 Å². The number of anilines is 1. The number of rotatable bonds is 7. The van der Waals surface area contributed by atoms with Gasteiger partial charge in [0.05, 0.1) is 17.4 Å². The first-order valence-electron chi connectivity index (χ1n) is 10.6. The van der Waals surface area contributed by atoms with E-state index in [1.165, 1.54) is 6.07 Å². The first-order valence-corrected chi connectivity index (χ1v) is 10.6. The number of hydrogen-bond acceptors (Lipinski definition) is 7. The molecule has 35 heavy (non-hydrogen) atoms. The lowest BCUT2D eigenvalue weighted by molar-refractivity contribution is -0.132. The minimum atomic E-state index is -0.706. The Morgan fingerprint density at radius 3 is 2.43 bits per heavy atom. The molecule has 1 amide bonds. The van der Waals surface area contributed by atoms with Crippen LogP contribution in [0.3, 0.4) is 0 Å². The van der Waals surface area contributed by atoms with Crippen LogP contribution in [0, 0.1) is 18.2 Å². The summed E-state index contributed by atoms with van der Waals surface area (Å²) in [7, 11) is 0. The van der Waals surface area contributed by atoms with Crippen LogP contribution in [0.1, 0.15) is 17.0 Å². The highest BCUT2D eigenvalue weighted by atomic mass is 19.1. The molecule has 0 atom stereocenters. The monoisotopic (exact) mass is 486 g/mol. The number of carboxylic acid groups (broad SMARTS) is 2. The van der Waals surface area contributed by atoms with Gasteiger partial charge in [-0.2, -0.15) is 5.10 Å². The summed E-state index contributed by atoms with van der Waals surface area (Å²) in [5.41, 5.74) is 1.64. The molecule has 1 aliphatic rings. The lowest BCUT2D eigenvalue weighted by Gasteiger charge is -2.49. The number of carbonyl (C=O) groups is 3. The van der Waals surface area contributed by atoms with Crippen molar-refractivity contribution in [3.05, 3.63) is 71.7 Å². The number of nitrogens with one attached hydrogen (secondary N) is 2. The summed E-state index contributed by atoms with van der Waals surface area (Å²) in [6.45, 7) is 2.80. The van der Waals surface area contributed by atoms with E-state index in [2.05, 4.69) is 25.5 Å². The zero-order valence-electron chi connectivity index (χ0n) is 19.1. The van der Waals surface area contributed by atoms with Gasteiger partial charge in [-0.05, 0) is 37.1 Å². The summed E-state index contributed by atoms with van der Waals surface area (Å²) in [4.78, 5) is 38.8. The molecule has 186 valence electrons. The molecule has 3 heterocycles. The zero-order valence-corrected chi connectivity index (χ0v) is 19.1. The first kappa shape index (κ1) is 26.9. The van der Waals surface area contributed by atoms with Crippen molar-refractivity contribution in [2.75, 3.05) is 24.5 Å². The minimum Gasteiger partial charge on any atom is -0.483 e. The van der Waals surface area contributed by atoms with Crippen LogP contribution in [-0.2, 0) is 27.2 Å². The second kappa shape index (κ2) is 13.4. The number of hydrogen-bond donors (Lipinski definition) is 4. The molecule has 12 heteroatoms. The Morgan fingerprint density at radius 1 is 1.17 bits per heavy atom. The van der Waals surface area contributed by atoms with Crippen molar-refractivity contribution in [2.24, 2.45) is 5.41 Å². The second-order valence-corrected chi connectivity index (χ2v) is 7.73. The van der Waals surface area contributed by atoms with Crippen LogP contribution in [0.5, 0.6) is 0 Å². The molecule has 11 nitrogen and oxygen atoms in total. The van der Waals surface area contributed by atoms with Gasteiger partial charge in [0.2, 0.25) is 5.91 Å². The minimum absolute atomic E-state index is 0.0726. The van der Waals surface area contributed by atoms with Gasteiger partial charge in [-0.15, -0.1) is 5.10 Å². The molecule has 1 aromatic carbocycles. The van der Waals surface area contributed by atoms with Gasteiger partial charge in [0.15, 0.2) is 5.82 Å². The van der Waals surface area contributed by atoms with Crippen molar-refractivity contribution < 1.29 is 29.0 Å². The van der Waals surface area contributed by atoms with E-state index < -0.39 is 5.41 Å². The van der Waals surface area contributed by atoms with E-state index in [1.54, 1.807) is 30.7 Å². The van der Waals surface area contributed by atoms with Crippen molar-refractivity contribution in [1.29, 1.82) is 0 Å². The molecule has 2 aromatic heterocycles. The fraction of sp³-hybridized carbons (Fsp3) is 0.304. The van der Waals surface area contributed by atoms with E-state index in [-0.39, 0.29) is 24.7 Å². The Morgan fingerprint density at radius 2 is 1.86 bits per heavy atom. The number of aromatic nitrogens is 4. The van der Waals surface area contributed by atoms with Crippen LogP contribution >= 0.6 is 0 Å². The molecule has 0 bridgehead atoms. The summed E-state index contributed by atoms with van der Waals surface area (Å²) >= 11 is 0. The van der Waals surface area contributed by atoms with Gasteiger partial charge in [-0.3, -0.25) is 14.4 Å². The summed E-state index contributed by atoms with van der Waals surface area (Å²) in [5.74, 6) is 0.368. The van der Waals surface area contributed by atoms with Gasteiger partial charge in [-0.25, -0.2) is 9.37 Å². The van der Waals surface area contributed by atoms with Crippen molar-refractivity contribution in [2.45, 2.75) is 19.8 Å². The van der Waals surface area contributed by atoms with Crippen molar-refractivity contribution in [3.63, 3.8) is 0 Å². The number of H-pyrrole nitrogens is 1.